The monoisotopic (exact) mass is 345 g/mol. The number of carbonyl (C=O) groups is 1. The average Bonchev–Trinajstić information content (AvgIpc) is 2.58. The molecule has 0 aliphatic carbocycles. The first-order valence-corrected chi connectivity index (χ1v) is 8.37. The second kappa shape index (κ2) is 9.79. The number of hydrogen-bond donors (Lipinski definition) is 2. The predicted octanol–water partition coefficient (Wildman–Crippen LogP) is 3.90. The van der Waals surface area contributed by atoms with E-state index in [1.807, 2.05) is 30.3 Å². The highest BCUT2D eigenvalue weighted by atomic mass is 19.1. The van der Waals surface area contributed by atoms with Crippen molar-refractivity contribution in [3.63, 3.8) is 0 Å². The van der Waals surface area contributed by atoms with E-state index in [1.54, 1.807) is 19.2 Å². The number of carboxylic acid groups (broad SMARTS) is 1. The predicted molar refractivity (Wildman–Crippen MR) is 96.4 cm³/mol. The van der Waals surface area contributed by atoms with Gasteiger partial charge in [-0.1, -0.05) is 24.3 Å². The summed E-state index contributed by atoms with van der Waals surface area (Å²) in [5, 5.41) is 12.3. The Morgan fingerprint density at radius 3 is 2.68 bits per heavy atom. The molecule has 0 saturated heterocycles. The molecular weight excluding hydrogens is 321 g/mol. The van der Waals surface area contributed by atoms with Crippen LogP contribution < -0.4 is 5.32 Å². The molecular formula is C20H24FNO3. The van der Waals surface area contributed by atoms with Crippen molar-refractivity contribution >= 4 is 11.7 Å². The van der Waals surface area contributed by atoms with Crippen LogP contribution in [0.3, 0.4) is 0 Å². The Morgan fingerprint density at radius 2 is 1.96 bits per heavy atom. The molecule has 2 N–H and O–H groups in total. The second-order valence-electron chi connectivity index (χ2n) is 6.05. The third kappa shape index (κ3) is 6.93. The van der Waals surface area contributed by atoms with E-state index in [-0.39, 0.29) is 18.3 Å². The van der Waals surface area contributed by atoms with Gasteiger partial charge in [0.05, 0.1) is 0 Å². The second-order valence-corrected chi connectivity index (χ2v) is 6.05. The molecule has 25 heavy (non-hydrogen) atoms. The summed E-state index contributed by atoms with van der Waals surface area (Å²) in [6.45, 7) is 0.603. The van der Waals surface area contributed by atoms with E-state index < -0.39 is 5.97 Å². The number of hydrogen-bond acceptors (Lipinski definition) is 3. The van der Waals surface area contributed by atoms with Gasteiger partial charge in [-0.15, -0.1) is 0 Å². The van der Waals surface area contributed by atoms with Crippen molar-refractivity contribution in [1.82, 2.24) is 0 Å². The van der Waals surface area contributed by atoms with Crippen LogP contribution in [0, 0.1) is 5.82 Å². The molecule has 0 saturated carbocycles. The molecule has 0 aliphatic rings. The standard InChI is InChI=1S/C20H24FNO3/c1-25-11-10-19(14-16-5-2-6-17(21)12-16)22-18-7-3-4-15(13-18)8-9-20(23)24/h2-7,12-13,19,22H,8-11,14H2,1H3,(H,23,24). The van der Waals surface area contributed by atoms with Crippen LogP contribution in [0.4, 0.5) is 10.1 Å². The molecule has 2 aromatic carbocycles. The summed E-state index contributed by atoms with van der Waals surface area (Å²) in [7, 11) is 1.66. The number of ether oxygens (including phenoxy) is 1. The zero-order valence-electron chi connectivity index (χ0n) is 14.4. The first kappa shape index (κ1) is 18.9. The molecule has 1 atom stereocenters. The van der Waals surface area contributed by atoms with Crippen LogP contribution in [0.15, 0.2) is 48.5 Å². The van der Waals surface area contributed by atoms with Crippen LogP contribution in [0.5, 0.6) is 0 Å². The van der Waals surface area contributed by atoms with Crippen LogP contribution >= 0.6 is 0 Å². The number of carboxylic acids is 1. The maximum absolute atomic E-state index is 13.4. The minimum atomic E-state index is -0.803. The molecule has 0 heterocycles. The van der Waals surface area contributed by atoms with Crippen molar-refractivity contribution in [3.8, 4) is 0 Å². The van der Waals surface area contributed by atoms with Crippen molar-refractivity contribution in [2.24, 2.45) is 0 Å². The summed E-state index contributed by atoms with van der Waals surface area (Å²) in [5.41, 5.74) is 2.83. The molecule has 2 aromatic rings. The van der Waals surface area contributed by atoms with Gasteiger partial charge in [0.15, 0.2) is 0 Å². The van der Waals surface area contributed by atoms with Crippen molar-refractivity contribution in [2.45, 2.75) is 31.7 Å². The highest BCUT2D eigenvalue weighted by Crippen LogP contribution is 2.17. The van der Waals surface area contributed by atoms with Crippen LogP contribution in [0.25, 0.3) is 0 Å². The number of benzene rings is 2. The van der Waals surface area contributed by atoms with Gasteiger partial charge in [-0.25, -0.2) is 4.39 Å². The zero-order chi connectivity index (χ0) is 18.1. The number of anilines is 1. The molecule has 0 spiro atoms. The molecule has 0 aromatic heterocycles. The minimum Gasteiger partial charge on any atom is -0.481 e. The van der Waals surface area contributed by atoms with Gasteiger partial charge >= 0.3 is 5.97 Å². The van der Waals surface area contributed by atoms with Crippen LogP contribution in [0.2, 0.25) is 0 Å². The quantitative estimate of drug-likeness (QED) is 0.686. The summed E-state index contributed by atoms with van der Waals surface area (Å²) >= 11 is 0. The number of aliphatic carboxylic acids is 1. The molecule has 4 nitrogen and oxygen atoms in total. The SMILES string of the molecule is COCCC(Cc1cccc(F)c1)Nc1cccc(CCC(=O)O)c1. The maximum atomic E-state index is 13.4. The smallest absolute Gasteiger partial charge is 0.303 e. The largest absolute Gasteiger partial charge is 0.481 e. The number of halogens is 1. The van der Waals surface area contributed by atoms with E-state index >= 15 is 0 Å². The van der Waals surface area contributed by atoms with Gasteiger partial charge in [-0.2, -0.15) is 0 Å². The van der Waals surface area contributed by atoms with Crippen LogP contribution in [-0.2, 0) is 22.4 Å². The molecule has 0 aliphatic heterocycles. The summed E-state index contributed by atoms with van der Waals surface area (Å²) in [5.74, 6) is -1.04. The molecule has 0 radical (unpaired) electrons. The third-order valence-electron chi connectivity index (χ3n) is 3.97. The van der Waals surface area contributed by atoms with E-state index in [0.29, 0.717) is 19.4 Å². The van der Waals surface area contributed by atoms with E-state index in [0.717, 1.165) is 23.2 Å². The van der Waals surface area contributed by atoms with E-state index in [1.165, 1.54) is 6.07 Å². The van der Waals surface area contributed by atoms with Crippen LogP contribution in [-0.4, -0.2) is 30.8 Å². The van der Waals surface area contributed by atoms with Gasteiger partial charge in [-0.3, -0.25) is 4.79 Å². The van der Waals surface area contributed by atoms with Gasteiger partial charge in [0.2, 0.25) is 0 Å². The first-order valence-electron chi connectivity index (χ1n) is 8.37. The number of rotatable bonds is 10. The number of aryl methyl sites for hydroxylation is 1. The Hall–Kier alpha value is -2.40. The van der Waals surface area contributed by atoms with Gasteiger partial charge in [-0.05, 0) is 54.7 Å². The Morgan fingerprint density at radius 1 is 1.20 bits per heavy atom. The summed E-state index contributed by atoms with van der Waals surface area (Å²) in [6.07, 6.45) is 2.07. The highest BCUT2D eigenvalue weighted by molar-refractivity contribution is 5.67. The fourth-order valence-corrected chi connectivity index (χ4v) is 2.74. The van der Waals surface area contributed by atoms with Gasteiger partial charge in [0, 0.05) is 31.9 Å². The molecule has 0 bridgehead atoms. The average molecular weight is 345 g/mol. The van der Waals surface area contributed by atoms with Gasteiger partial charge < -0.3 is 15.2 Å². The van der Waals surface area contributed by atoms with Crippen molar-refractivity contribution < 1.29 is 19.0 Å². The Labute approximate surface area is 147 Å². The van der Waals surface area contributed by atoms with Crippen LogP contribution in [0.1, 0.15) is 24.0 Å². The lowest BCUT2D eigenvalue weighted by Crippen LogP contribution is -2.24. The normalized spacial score (nSPS) is 11.9. The van der Waals surface area contributed by atoms with Crippen molar-refractivity contribution in [2.75, 3.05) is 19.0 Å². The fraction of sp³-hybridized carbons (Fsp3) is 0.350. The molecule has 0 amide bonds. The summed E-state index contributed by atoms with van der Waals surface area (Å²) < 4.78 is 18.6. The zero-order valence-corrected chi connectivity index (χ0v) is 14.4. The molecule has 5 heteroatoms. The number of methoxy groups -OCH3 is 1. The molecule has 2 rings (SSSR count). The topological polar surface area (TPSA) is 58.6 Å². The summed E-state index contributed by atoms with van der Waals surface area (Å²) in [6, 6.07) is 14.5. The fourth-order valence-electron chi connectivity index (χ4n) is 2.74. The molecule has 134 valence electrons. The van der Waals surface area contributed by atoms with Gasteiger partial charge in [0.25, 0.3) is 0 Å². The first-order chi connectivity index (χ1) is 12.1. The molecule has 0 fully saturated rings. The number of nitrogens with one attached hydrogen (secondary N) is 1. The minimum absolute atomic E-state index is 0.0940. The lowest BCUT2D eigenvalue weighted by molar-refractivity contribution is -0.136. The highest BCUT2D eigenvalue weighted by Gasteiger charge is 2.11. The Kier molecular flexibility index (Phi) is 7.41. The van der Waals surface area contributed by atoms with E-state index in [2.05, 4.69) is 5.32 Å². The van der Waals surface area contributed by atoms with E-state index in [9.17, 15) is 9.18 Å². The molecule has 1 unspecified atom stereocenters. The lowest BCUT2D eigenvalue weighted by atomic mass is 10.0. The van der Waals surface area contributed by atoms with Gasteiger partial charge in [0.1, 0.15) is 5.82 Å². The summed E-state index contributed by atoms with van der Waals surface area (Å²) in [4.78, 5) is 10.7. The van der Waals surface area contributed by atoms with Crippen molar-refractivity contribution in [1.29, 1.82) is 0 Å². The van der Waals surface area contributed by atoms with E-state index in [4.69, 9.17) is 9.84 Å². The Bertz CT molecular complexity index is 690. The third-order valence-corrected chi connectivity index (χ3v) is 3.97. The Balaban J connectivity index is 2.05. The van der Waals surface area contributed by atoms with Crippen molar-refractivity contribution in [3.05, 3.63) is 65.5 Å². The lowest BCUT2D eigenvalue weighted by Gasteiger charge is -2.20. The maximum Gasteiger partial charge on any atom is 0.303 e.